The summed E-state index contributed by atoms with van der Waals surface area (Å²) in [5.74, 6) is 1.79. The summed E-state index contributed by atoms with van der Waals surface area (Å²) in [6.07, 6.45) is 0. The molecule has 0 saturated carbocycles. The molecule has 2 N–H and O–H groups in total. The second-order valence-corrected chi connectivity index (χ2v) is 4.97. The average molecular weight is 209 g/mol. The Balaban J connectivity index is 2.12. The second-order valence-electron chi connectivity index (χ2n) is 4.97. The van der Waals surface area contributed by atoms with E-state index in [9.17, 15) is 0 Å². The van der Waals surface area contributed by atoms with E-state index in [1.165, 1.54) is 0 Å². The molecule has 0 amide bonds. The van der Waals surface area contributed by atoms with Crippen molar-refractivity contribution in [1.82, 2.24) is 20.5 Å². The third kappa shape index (κ3) is 2.28. The van der Waals surface area contributed by atoms with E-state index in [2.05, 4.69) is 46.2 Å². The summed E-state index contributed by atoms with van der Waals surface area (Å²) in [4.78, 5) is 6.75. The van der Waals surface area contributed by atoms with Crippen molar-refractivity contribution in [2.45, 2.75) is 26.2 Å². The van der Waals surface area contributed by atoms with Gasteiger partial charge in [-0.05, 0) is 0 Å². The van der Waals surface area contributed by atoms with Crippen molar-refractivity contribution in [3.8, 4) is 0 Å². The average Bonchev–Trinajstić information content (AvgIpc) is 2.67. The Labute approximate surface area is 90.3 Å². The molecule has 1 aliphatic heterocycles. The van der Waals surface area contributed by atoms with E-state index < -0.39 is 0 Å². The number of aromatic nitrogens is 3. The maximum atomic E-state index is 4.54. The van der Waals surface area contributed by atoms with Crippen LogP contribution >= 0.6 is 0 Å². The van der Waals surface area contributed by atoms with Crippen LogP contribution in [0.4, 0.5) is 5.95 Å². The van der Waals surface area contributed by atoms with Crippen molar-refractivity contribution in [3.63, 3.8) is 0 Å². The Kier molecular flexibility index (Phi) is 2.65. The van der Waals surface area contributed by atoms with Gasteiger partial charge in [-0.15, -0.1) is 5.10 Å². The smallest absolute Gasteiger partial charge is 0.244 e. The molecule has 5 nitrogen and oxygen atoms in total. The first kappa shape index (κ1) is 10.4. The minimum Gasteiger partial charge on any atom is -0.337 e. The summed E-state index contributed by atoms with van der Waals surface area (Å²) >= 11 is 0. The molecule has 0 bridgehead atoms. The van der Waals surface area contributed by atoms with Crippen molar-refractivity contribution < 1.29 is 0 Å². The van der Waals surface area contributed by atoms with Gasteiger partial charge in [0.1, 0.15) is 5.82 Å². The maximum absolute atomic E-state index is 4.54. The SMILES string of the molecule is CC(C)(C)c1nc(N2CCNCC2)n[nH]1. The number of anilines is 1. The molecule has 84 valence electrons. The topological polar surface area (TPSA) is 56.8 Å². The first-order valence-electron chi connectivity index (χ1n) is 5.46. The minimum absolute atomic E-state index is 0.0410. The first-order valence-corrected chi connectivity index (χ1v) is 5.46. The van der Waals surface area contributed by atoms with Crippen LogP contribution in [0.15, 0.2) is 0 Å². The summed E-state index contributed by atoms with van der Waals surface area (Å²) in [5, 5.41) is 10.6. The lowest BCUT2D eigenvalue weighted by Gasteiger charge is -2.25. The maximum Gasteiger partial charge on any atom is 0.244 e. The Bertz CT molecular complexity index is 319. The van der Waals surface area contributed by atoms with E-state index in [1.807, 2.05) is 0 Å². The normalized spacial score (nSPS) is 18.2. The standard InChI is InChI=1S/C10H19N5/c1-10(2,3)8-12-9(14-13-8)15-6-4-11-5-7-15/h11H,4-7H2,1-3H3,(H,12,13,14). The highest BCUT2D eigenvalue weighted by Gasteiger charge is 2.21. The van der Waals surface area contributed by atoms with Gasteiger partial charge in [0.05, 0.1) is 0 Å². The summed E-state index contributed by atoms with van der Waals surface area (Å²) in [7, 11) is 0. The number of nitrogens with one attached hydrogen (secondary N) is 2. The first-order chi connectivity index (χ1) is 7.07. The van der Waals surface area contributed by atoms with Crippen LogP contribution in [0.3, 0.4) is 0 Å². The van der Waals surface area contributed by atoms with Crippen molar-refractivity contribution in [2.75, 3.05) is 31.1 Å². The van der Waals surface area contributed by atoms with Crippen molar-refractivity contribution in [2.24, 2.45) is 0 Å². The highest BCUT2D eigenvalue weighted by molar-refractivity contribution is 5.30. The third-order valence-corrected chi connectivity index (χ3v) is 2.58. The number of rotatable bonds is 1. The number of hydrogen-bond acceptors (Lipinski definition) is 4. The van der Waals surface area contributed by atoms with Crippen LogP contribution in [0.5, 0.6) is 0 Å². The summed E-state index contributed by atoms with van der Waals surface area (Å²) in [5.41, 5.74) is 0.0410. The molecule has 2 heterocycles. The fraction of sp³-hybridized carbons (Fsp3) is 0.800. The van der Waals surface area contributed by atoms with Crippen molar-refractivity contribution in [1.29, 1.82) is 0 Å². The molecule has 0 aliphatic carbocycles. The molecule has 1 aromatic rings. The minimum atomic E-state index is 0.0410. The molecule has 1 saturated heterocycles. The Morgan fingerprint density at radius 3 is 2.40 bits per heavy atom. The van der Waals surface area contributed by atoms with Crippen molar-refractivity contribution in [3.05, 3.63) is 5.82 Å². The molecule has 1 aromatic heterocycles. The van der Waals surface area contributed by atoms with E-state index in [0.717, 1.165) is 38.0 Å². The molecular formula is C10H19N5. The van der Waals surface area contributed by atoms with Gasteiger partial charge in [0.2, 0.25) is 5.95 Å². The van der Waals surface area contributed by atoms with Gasteiger partial charge in [0.25, 0.3) is 0 Å². The van der Waals surface area contributed by atoms with Gasteiger partial charge in [-0.1, -0.05) is 20.8 Å². The van der Waals surface area contributed by atoms with Crippen LogP contribution in [0.1, 0.15) is 26.6 Å². The molecule has 0 atom stereocenters. The quantitative estimate of drug-likeness (QED) is 0.707. The molecule has 15 heavy (non-hydrogen) atoms. The lowest BCUT2D eigenvalue weighted by molar-refractivity contribution is 0.547. The molecular weight excluding hydrogens is 190 g/mol. The molecule has 2 rings (SSSR count). The molecule has 0 radical (unpaired) electrons. The number of H-pyrrole nitrogens is 1. The number of piperazine rings is 1. The number of nitrogens with zero attached hydrogens (tertiary/aromatic N) is 3. The fourth-order valence-corrected chi connectivity index (χ4v) is 1.59. The lowest BCUT2D eigenvalue weighted by Crippen LogP contribution is -2.44. The van der Waals surface area contributed by atoms with E-state index in [0.29, 0.717) is 0 Å². The van der Waals surface area contributed by atoms with E-state index in [1.54, 1.807) is 0 Å². The monoisotopic (exact) mass is 209 g/mol. The Morgan fingerprint density at radius 1 is 1.20 bits per heavy atom. The zero-order valence-corrected chi connectivity index (χ0v) is 9.67. The Hall–Kier alpha value is -1.10. The summed E-state index contributed by atoms with van der Waals surface area (Å²) < 4.78 is 0. The van der Waals surface area contributed by atoms with Gasteiger partial charge in [-0.2, -0.15) is 4.98 Å². The lowest BCUT2D eigenvalue weighted by atomic mass is 9.96. The van der Waals surface area contributed by atoms with Crippen LogP contribution in [-0.4, -0.2) is 41.4 Å². The number of hydrogen-bond donors (Lipinski definition) is 2. The van der Waals surface area contributed by atoms with Gasteiger partial charge >= 0.3 is 0 Å². The predicted octanol–water partition coefficient (Wildman–Crippen LogP) is 0.512. The summed E-state index contributed by atoms with van der Waals surface area (Å²) in [6, 6.07) is 0. The second kappa shape index (κ2) is 3.81. The zero-order chi connectivity index (χ0) is 10.9. The fourth-order valence-electron chi connectivity index (χ4n) is 1.59. The van der Waals surface area contributed by atoms with Gasteiger partial charge in [0, 0.05) is 31.6 Å². The molecule has 0 spiro atoms. The molecule has 0 unspecified atom stereocenters. The predicted molar refractivity (Wildman–Crippen MR) is 60.2 cm³/mol. The largest absolute Gasteiger partial charge is 0.337 e. The van der Waals surface area contributed by atoms with Gasteiger partial charge in [-0.25, -0.2) is 0 Å². The van der Waals surface area contributed by atoms with Crippen LogP contribution in [0.2, 0.25) is 0 Å². The Morgan fingerprint density at radius 2 is 1.87 bits per heavy atom. The van der Waals surface area contributed by atoms with Gasteiger partial charge in [-0.3, -0.25) is 5.10 Å². The number of aromatic amines is 1. The van der Waals surface area contributed by atoms with E-state index in [4.69, 9.17) is 0 Å². The van der Waals surface area contributed by atoms with Gasteiger partial charge in [0.15, 0.2) is 0 Å². The highest BCUT2D eigenvalue weighted by atomic mass is 15.4. The third-order valence-electron chi connectivity index (χ3n) is 2.58. The molecule has 0 aromatic carbocycles. The van der Waals surface area contributed by atoms with Crippen LogP contribution in [-0.2, 0) is 5.41 Å². The summed E-state index contributed by atoms with van der Waals surface area (Å²) in [6.45, 7) is 10.4. The zero-order valence-electron chi connectivity index (χ0n) is 9.67. The molecule has 1 fully saturated rings. The molecule has 1 aliphatic rings. The highest BCUT2D eigenvalue weighted by Crippen LogP contribution is 2.19. The van der Waals surface area contributed by atoms with Crippen LogP contribution < -0.4 is 10.2 Å². The van der Waals surface area contributed by atoms with E-state index >= 15 is 0 Å². The van der Waals surface area contributed by atoms with Crippen molar-refractivity contribution >= 4 is 5.95 Å². The molecule has 5 heteroatoms. The van der Waals surface area contributed by atoms with Crippen LogP contribution in [0.25, 0.3) is 0 Å². The van der Waals surface area contributed by atoms with Gasteiger partial charge < -0.3 is 10.2 Å². The van der Waals surface area contributed by atoms with Crippen LogP contribution in [0, 0.1) is 0 Å². The van der Waals surface area contributed by atoms with E-state index in [-0.39, 0.29) is 5.41 Å².